The molecule has 0 bridgehead atoms. The van der Waals surface area contributed by atoms with Gasteiger partial charge in [-0.1, -0.05) is 18.3 Å². The first-order valence-electron chi connectivity index (χ1n) is 7.52. The molecule has 2 aliphatic rings. The number of likely N-dealkylation sites (tertiary alicyclic amines) is 1. The number of aromatic nitrogens is 1. The first-order chi connectivity index (χ1) is 10.2. The van der Waals surface area contributed by atoms with Crippen LogP contribution in [0.1, 0.15) is 17.7 Å². The highest BCUT2D eigenvalue weighted by molar-refractivity contribution is 7.80. The highest BCUT2D eigenvalue weighted by atomic mass is 32.1. The lowest BCUT2D eigenvalue weighted by Gasteiger charge is -2.32. The Morgan fingerprint density at radius 1 is 1.38 bits per heavy atom. The second kappa shape index (κ2) is 6.79. The normalized spacial score (nSPS) is 24.3. The number of nitrogens with two attached hydrogens (primary N) is 1. The van der Waals surface area contributed by atoms with E-state index in [4.69, 9.17) is 22.7 Å². The molecule has 2 N–H and O–H groups in total. The lowest BCUT2D eigenvalue weighted by molar-refractivity contribution is 0.0184. The molecule has 5 nitrogen and oxygen atoms in total. The minimum Gasteiger partial charge on any atom is -0.388 e. The number of hydrogen-bond acceptors (Lipinski definition) is 5. The zero-order valence-corrected chi connectivity index (χ0v) is 13.0. The Kier molecular flexibility index (Phi) is 4.80. The molecule has 2 aliphatic heterocycles. The fraction of sp³-hybridized carbons (Fsp3) is 0.600. The zero-order chi connectivity index (χ0) is 14.7. The second-order valence-corrected chi connectivity index (χ2v) is 6.14. The number of thiocarbonyl (C=S) groups is 1. The van der Waals surface area contributed by atoms with E-state index in [1.54, 1.807) is 6.20 Å². The predicted octanol–water partition coefficient (Wildman–Crippen LogP) is 0.622. The molecule has 0 amide bonds. The minimum absolute atomic E-state index is 0.384. The maximum atomic E-state index is 5.76. The van der Waals surface area contributed by atoms with Gasteiger partial charge in [-0.05, 0) is 18.1 Å². The van der Waals surface area contributed by atoms with Gasteiger partial charge in [-0.15, -0.1) is 0 Å². The molecule has 6 heteroatoms. The number of nitrogens with zero attached hydrogens (tertiary/aromatic N) is 3. The molecule has 0 saturated carbocycles. The van der Waals surface area contributed by atoms with Crippen molar-refractivity contribution in [2.75, 3.05) is 39.4 Å². The number of hydrogen-bond donors (Lipinski definition) is 1. The van der Waals surface area contributed by atoms with Crippen molar-refractivity contribution in [1.29, 1.82) is 0 Å². The van der Waals surface area contributed by atoms with E-state index in [1.165, 1.54) is 6.42 Å². The minimum atomic E-state index is 0.384. The molecule has 1 aromatic rings. The average molecular weight is 306 g/mol. The van der Waals surface area contributed by atoms with E-state index in [9.17, 15) is 0 Å². The van der Waals surface area contributed by atoms with Crippen LogP contribution in [0.2, 0.25) is 0 Å². The van der Waals surface area contributed by atoms with Gasteiger partial charge in [-0.3, -0.25) is 14.8 Å². The van der Waals surface area contributed by atoms with Gasteiger partial charge in [0.25, 0.3) is 0 Å². The third-order valence-corrected chi connectivity index (χ3v) is 4.52. The summed E-state index contributed by atoms with van der Waals surface area (Å²) in [5, 5.41) is 0. The van der Waals surface area contributed by atoms with Gasteiger partial charge in [0, 0.05) is 45.0 Å². The van der Waals surface area contributed by atoms with Crippen molar-refractivity contribution < 1.29 is 4.74 Å². The van der Waals surface area contributed by atoms with Crippen LogP contribution in [-0.2, 0) is 11.3 Å². The summed E-state index contributed by atoms with van der Waals surface area (Å²) in [6.07, 6.45) is 2.97. The quantitative estimate of drug-likeness (QED) is 0.823. The molecule has 0 aliphatic carbocycles. The highest BCUT2D eigenvalue weighted by Crippen LogP contribution is 2.20. The first-order valence-corrected chi connectivity index (χ1v) is 7.92. The summed E-state index contributed by atoms with van der Waals surface area (Å²) in [5.74, 6) is 0. The van der Waals surface area contributed by atoms with E-state index >= 15 is 0 Å². The summed E-state index contributed by atoms with van der Waals surface area (Å²) >= 11 is 5.09. The highest BCUT2D eigenvalue weighted by Gasteiger charge is 2.29. The molecule has 1 unspecified atom stereocenters. The van der Waals surface area contributed by atoms with Crippen molar-refractivity contribution in [3.05, 3.63) is 29.6 Å². The molecule has 1 atom stereocenters. The van der Waals surface area contributed by atoms with Crippen LogP contribution in [0, 0.1) is 0 Å². The second-order valence-electron chi connectivity index (χ2n) is 5.70. The fourth-order valence-corrected chi connectivity index (χ4v) is 3.41. The van der Waals surface area contributed by atoms with Gasteiger partial charge in [-0.2, -0.15) is 0 Å². The van der Waals surface area contributed by atoms with Crippen LogP contribution in [0.3, 0.4) is 0 Å². The van der Waals surface area contributed by atoms with Crippen LogP contribution in [0.25, 0.3) is 0 Å². The van der Waals surface area contributed by atoms with Gasteiger partial charge in [0.2, 0.25) is 0 Å². The van der Waals surface area contributed by atoms with Gasteiger partial charge in [-0.25, -0.2) is 0 Å². The number of morpholine rings is 1. The molecule has 3 heterocycles. The van der Waals surface area contributed by atoms with Gasteiger partial charge >= 0.3 is 0 Å². The van der Waals surface area contributed by atoms with Gasteiger partial charge < -0.3 is 10.5 Å². The van der Waals surface area contributed by atoms with E-state index in [-0.39, 0.29) is 0 Å². The predicted molar refractivity (Wildman–Crippen MR) is 86.2 cm³/mol. The van der Waals surface area contributed by atoms with Crippen LogP contribution in [0.5, 0.6) is 0 Å². The van der Waals surface area contributed by atoms with E-state index < -0.39 is 0 Å². The van der Waals surface area contributed by atoms with Crippen LogP contribution >= 0.6 is 12.2 Å². The smallest absolute Gasteiger partial charge is 0.123 e. The SMILES string of the molecule is NC(=S)c1ncccc1CN1CCC(N2CCOCC2)C1. The summed E-state index contributed by atoms with van der Waals surface area (Å²) < 4.78 is 5.43. The first kappa shape index (κ1) is 14.8. The Balaban J connectivity index is 1.61. The summed E-state index contributed by atoms with van der Waals surface area (Å²) in [7, 11) is 0. The standard InChI is InChI=1S/C15H22N4OS/c16-15(21)14-12(2-1-4-17-14)10-18-5-3-13(11-18)19-6-8-20-9-7-19/h1-2,4,13H,3,5-11H2,(H2,16,21). The maximum Gasteiger partial charge on any atom is 0.123 e. The Morgan fingerprint density at radius 3 is 2.95 bits per heavy atom. The Hall–Kier alpha value is -1.08. The molecule has 0 aromatic carbocycles. The molecular weight excluding hydrogens is 284 g/mol. The van der Waals surface area contributed by atoms with Gasteiger partial charge in [0.15, 0.2) is 0 Å². The topological polar surface area (TPSA) is 54.6 Å². The van der Waals surface area contributed by atoms with Crippen molar-refractivity contribution in [3.8, 4) is 0 Å². The molecule has 114 valence electrons. The van der Waals surface area contributed by atoms with E-state index in [2.05, 4.69) is 20.9 Å². The van der Waals surface area contributed by atoms with Crippen LogP contribution in [0.4, 0.5) is 0 Å². The third kappa shape index (κ3) is 3.58. The van der Waals surface area contributed by atoms with Crippen molar-refractivity contribution >= 4 is 17.2 Å². The number of rotatable bonds is 4. The summed E-state index contributed by atoms with van der Waals surface area (Å²) in [6.45, 7) is 6.95. The van der Waals surface area contributed by atoms with Crippen molar-refractivity contribution in [2.45, 2.75) is 19.0 Å². The van der Waals surface area contributed by atoms with E-state index in [1.807, 2.05) is 6.07 Å². The molecule has 21 heavy (non-hydrogen) atoms. The molecular formula is C15H22N4OS. The number of ether oxygens (including phenoxy) is 1. The van der Waals surface area contributed by atoms with Crippen molar-refractivity contribution in [3.63, 3.8) is 0 Å². The molecule has 2 saturated heterocycles. The van der Waals surface area contributed by atoms with Crippen LogP contribution in [-0.4, -0.2) is 65.2 Å². The van der Waals surface area contributed by atoms with E-state index in [0.717, 1.165) is 57.2 Å². The maximum absolute atomic E-state index is 5.76. The van der Waals surface area contributed by atoms with Crippen LogP contribution < -0.4 is 5.73 Å². The molecule has 0 radical (unpaired) electrons. The molecule has 2 fully saturated rings. The van der Waals surface area contributed by atoms with E-state index in [0.29, 0.717) is 11.0 Å². The van der Waals surface area contributed by atoms with Crippen molar-refractivity contribution in [2.24, 2.45) is 5.73 Å². The third-order valence-electron chi connectivity index (χ3n) is 4.33. The Morgan fingerprint density at radius 2 is 2.19 bits per heavy atom. The van der Waals surface area contributed by atoms with Gasteiger partial charge in [0.1, 0.15) is 10.7 Å². The zero-order valence-electron chi connectivity index (χ0n) is 12.2. The molecule has 0 spiro atoms. The Bertz CT molecular complexity index is 504. The van der Waals surface area contributed by atoms with Crippen LogP contribution in [0.15, 0.2) is 18.3 Å². The lowest BCUT2D eigenvalue weighted by Crippen LogP contribution is -2.44. The number of pyridine rings is 1. The summed E-state index contributed by atoms with van der Waals surface area (Å²) in [4.78, 5) is 9.72. The van der Waals surface area contributed by atoms with Crippen molar-refractivity contribution in [1.82, 2.24) is 14.8 Å². The fourth-order valence-electron chi connectivity index (χ4n) is 3.23. The molecule has 3 rings (SSSR count). The average Bonchev–Trinajstić information content (AvgIpc) is 2.97. The van der Waals surface area contributed by atoms with Gasteiger partial charge in [0.05, 0.1) is 13.2 Å². The Labute approximate surface area is 131 Å². The summed E-state index contributed by atoms with van der Waals surface area (Å²) in [5.41, 5.74) is 7.66. The summed E-state index contributed by atoms with van der Waals surface area (Å²) in [6, 6.07) is 4.68. The molecule has 1 aromatic heterocycles. The monoisotopic (exact) mass is 306 g/mol. The largest absolute Gasteiger partial charge is 0.388 e. The lowest BCUT2D eigenvalue weighted by atomic mass is 10.2.